The Morgan fingerprint density at radius 1 is 1.37 bits per heavy atom. The van der Waals surface area contributed by atoms with Gasteiger partial charge in [0.1, 0.15) is 0 Å². The molecule has 0 radical (unpaired) electrons. The first-order valence-electron chi connectivity index (χ1n) is 7.00. The predicted octanol–water partition coefficient (Wildman–Crippen LogP) is 0.982. The highest BCUT2D eigenvalue weighted by Gasteiger charge is 2.20. The van der Waals surface area contributed by atoms with Crippen LogP contribution in [-0.2, 0) is 4.74 Å². The van der Waals surface area contributed by atoms with Gasteiger partial charge in [-0.15, -0.1) is 24.0 Å². The summed E-state index contributed by atoms with van der Waals surface area (Å²) in [5.74, 6) is 1.42. The minimum absolute atomic E-state index is 0. The lowest BCUT2D eigenvalue weighted by molar-refractivity contribution is -0.0137. The second kappa shape index (κ2) is 8.26. The van der Waals surface area contributed by atoms with Crippen LogP contribution >= 0.6 is 24.0 Å². The van der Waals surface area contributed by atoms with E-state index in [-0.39, 0.29) is 30.1 Å². The average Bonchev–Trinajstić information content (AvgIpc) is 2.36. The van der Waals surface area contributed by atoms with E-state index < -0.39 is 0 Å². The van der Waals surface area contributed by atoms with Crippen molar-refractivity contribution in [3.8, 4) is 0 Å². The second-order valence-corrected chi connectivity index (χ2v) is 5.65. The molecule has 0 aromatic heterocycles. The summed E-state index contributed by atoms with van der Waals surface area (Å²) in [5.41, 5.74) is 6.07. The van der Waals surface area contributed by atoms with Gasteiger partial charge in [-0.05, 0) is 25.8 Å². The van der Waals surface area contributed by atoms with Crippen LogP contribution in [0.15, 0.2) is 4.99 Å². The fraction of sp³-hybridized carbons (Fsp3) is 0.923. The number of morpholine rings is 1. The highest BCUT2D eigenvalue weighted by Crippen LogP contribution is 2.15. The van der Waals surface area contributed by atoms with Crippen LogP contribution < -0.4 is 5.73 Å². The van der Waals surface area contributed by atoms with Gasteiger partial charge in [0.15, 0.2) is 5.96 Å². The number of likely N-dealkylation sites (N-methyl/N-ethyl adjacent to an activating group) is 1. The number of hydrogen-bond acceptors (Lipinski definition) is 3. The summed E-state index contributed by atoms with van der Waals surface area (Å²) in [6.45, 7) is 7.81. The standard InChI is InChI=1S/C13H26N4O.HI/c1-11-4-3-5-17(9-11)13(14)15-8-12-10-16(2)6-7-18-12;/h11-12H,3-10H2,1-2H3,(H2,14,15);1H. The maximum atomic E-state index is 6.07. The lowest BCUT2D eigenvalue weighted by Gasteiger charge is -2.32. The number of halogens is 1. The van der Waals surface area contributed by atoms with E-state index in [4.69, 9.17) is 10.5 Å². The molecule has 0 aromatic carbocycles. The molecule has 2 unspecified atom stereocenters. The van der Waals surface area contributed by atoms with Crippen molar-refractivity contribution in [2.24, 2.45) is 16.6 Å². The van der Waals surface area contributed by atoms with Crippen molar-refractivity contribution in [2.75, 3.05) is 46.4 Å². The third-order valence-electron chi connectivity index (χ3n) is 3.78. The van der Waals surface area contributed by atoms with Crippen LogP contribution in [0, 0.1) is 5.92 Å². The normalized spacial score (nSPS) is 30.0. The maximum Gasteiger partial charge on any atom is 0.191 e. The zero-order chi connectivity index (χ0) is 13.0. The van der Waals surface area contributed by atoms with Gasteiger partial charge < -0.3 is 20.3 Å². The third kappa shape index (κ3) is 5.43. The van der Waals surface area contributed by atoms with E-state index in [1.54, 1.807) is 0 Å². The first kappa shape index (κ1) is 17.0. The van der Waals surface area contributed by atoms with Crippen LogP contribution in [0.2, 0.25) is 0 Å². The van der Waals surface area contributed by atoms with E-state index >= 15 is 0 Å². The molecule has 2 aliphatic heterocycles. The molecule has 5 nitrogen and oxygen atoms in total. The monoisotopic (exact) mass is 382 g/mol. The molecule has 112 valence electrons. The number of piperidine rings is 1. The number of rotatable bonds is 2. The number of guanidine groups is 1. The fourth-order valence-electron chi connectivity index (χ4n) is 2.67. The largest absolute Gasteiger partial charge is 0.374 e. The van der Waals surface area contributed by atoms with Crippen LogP contribution in [-0.4, -0.2) is 68.2 Å². The van der Waals surface area contributed by atoms with Gasteiger partial charge in [0.2, 0.25) is 0 Å². The number of hydrogen-bond donors (Lipinski definition) is 1. The van der Waals surface area contributed by atoms with E-state index in [0.29, 0.717) is 12.5 Å². The Morgan fingerprint density at radius 2 is 2.16 bits per heavy atom. The van der Waals surface area contributed by atoms with Crippen LogP contribution in [0.25, 0.3) is 0 Å². The molecule has 2 heterocycles. The molecular formula is C13H27IN4O. The molecule has 2 atom stereocenters. The van der Waals surface area contributed by atoms with Crippen LogP contribution in [0.4, 0.5) is 0 Å². The number of aliphatic imine (C=N–C) groups is 1. The smallest absolute Gasteiger partial charge is 0.191 e. The molecule has 2 aliphatic rings. The fourth-order valence-corrected chi connectivity index (χ4v) is 2.67. The first-order valence-corrected chi connectivity index (χ1v) is 7.00. The Bertz CT molecular complexity index is 300. The molecule has 0 amide bonds. The third-order valence-corrected chi connectivity index (χ3v) is 3.78. The van der Waals surface area contributed by atoms with Gasteiger partial charge in [-0.3, -0.25) is 4.99 Å². The van der Waals surface area contributed by atoms with E-state index in [1.165, 1.54) is 12.8 Å². The van der Waals surface area contributed by atoms with E-state index in [2.05, 4.69) is 28.8 Å². The van der Waals surface area contributed by atoms with Gasteiger partial charge in [0.05, 0.1) is 19.3 Å². The van der Waals surface area contributed by atoms with Crippen molar-refractivity contribution < 1.29 is 4.74 Å². The summed E-state index contributed by atoms with van der Waals surface area (Å²) in [7, 11) is 2.12. The summed E-state index contributed by atoms with van der Waals surface area (Å²) in [6.07, 6.45) is 2.73. The van der Waals surface area contributed by atoms with Crippen molar-refractivity contribution in [2.45, 2.75) is 25.9 Å². The van der Waals surface area contributed by atoms with Crippen molar-refractivity contribution in [1.82, 2.24) is 9.80 Å². The van der Waals surface area contributed by atoms with Gasteiger partial charge >= 0.3 is 0 Å². The minimum atomic E-state index is 0. The quantitative estimate of drug-likeness (QED) is 0.440. The summed E-state index contributed by atoms with van der Waals surface area (Å²) < 4.78 is 5.68. The zero-order valence-electron chi connectivity index (χ0n) is 12.0. The molecule has 19 heavy (non-hydrogen) atoms. The Balaban J connectivity index is 0.00000180. The predicted molar refractivity (Wildman–Crippen MR) is 89.1 cm³/mol. The van der Waals surface area contributed by atoms with Crippen LogP contribution in [0.1, 0.15) is 19.8 Å². The summed E-state index contributed by atoms with van der Waals surface area (Å²) in [4.78, 5) is 9.00. The molecule has 2 rings (SSSR count). The molecule has 0 aliphatic carbocycles. The lowest BCUT2D eigenvalue weighted by atomic mass is 10.0. The Morgan fingerprint density at radius 3 is 2.84 bits per heavy atom. The topological polar surface area (TPSA) is 54.1 Å². The summed E-state index contributed by atoms with van der Waals surface area (Å²) in [6, 6.07) is 0. The van der Waals surface area contributed by atoms with Crippen molar-refractivity contribution in [3.63, 3.8) is 0 Å². The Kier molecular flexibility index (Phi) is 7.38. The molecule has 2 fully saturated rings. The minimum Gasteiger partial charge on any atom is -0.374 e. The number of nitrogens with two attached hydrogens (primary N) is 1. The van der Waals surface area contributed by atoms with E-state index in [0.717, 1.165) is 38.7 Å². The van der Waals surface area contributed by atoms with Gasteiger partial charge in [-0.25, -0.2) is 0 Å². The van der Waals surface area contributed by atoms with Gasteiger partial charge in [0.25, 0.3) is 0 Å². The molecule has 0 spiro atoms. The van der Waals surface area contributed by atoms with Crippen molar-refractivity contribution in [1.29, 1.82) is 0 Å². The van der Waals surface area contributed by atoms with E-state index in [9.17, 15) is 0 Å². The van der Waals surface area contributed by atoms with Crippen LogP contribution in [0.5, 0.6) is 0 Å². The van der Waals surface area contributed by atoms with Gasteiger partial charge in [-0.1, -0.05) is 6.92 Å². The Labute approximate surface area is 133 Å². The molecule has 0 aromatic rings. The number of ether oxygens (including phenoxy) is 1. The summed E-state index contributed by atoms with van der Waals surface area (Å²) in [5, 5.41) is 0. The van der Waals surface area contributed by atoms with Gasteiger partial charge in [0, 0.05) is 26.2 Å². The molecule has 0 bridgehead atoms. The average molecular weight is 382 g/mol. The van der Waals surface area contributed by atoms with Crippen molar-refractivity contribution >= 4 is 29.9 Å². The summed E-state index contributed by atoms with van der Waals surface area (Å²) >= 11 is 0. The van der Waals surface area contributed by atoms with Gasteiger partial charge in [-0.2, -0.15) is 0 Å². The Hall–Kier alpha value is -0.0800. The van der Waals surface area contributed by atoms with Crippen molar-refractivity contribution in [3.05, 3.63) is 0 Å². The lowest BCUT2D eigenvalue weighted by Crippen LogP contribution is -2.45. The molecule has 2 saturated heterocycles. The zero-order valence-corrected chi connectivity index (χ0v) is 14.4. The van der Waals surface area contributed by atoms with E-state index in [1.807, 2.05) is 0 Å². The molecular weight excluding hydrogens is 355 g/mol. The van der Waals surface area contributed by atoms with Crippen LogP contribution in [0.3, 0.4) is 0 Å². The second-order valence-electron chi connectivity index (χ2n) is 5.65. The molecule has 2 N–H and O–H groups in total. The number of likely N-dealkylation sites (tertiary alicyclic amines) is 1. The maximum absolute atomic E-state index is 6.07. The molecule has 0 saturated carbocycles. The molecule has 6 heteroatoms. The first-order chi connectivity index (χ1) is 8.65. The highest BCUT2D eigenvalue weighted by molar-refractivity contribution is 14.0. The number of nitrogens with zero attached hydrogens (tertiary/aromatic N) is 3. The SMILES string of the molecule is CC1CCCN(C(N)=NCC2CN(C)CCO2)C1.I. The highest BCUT2D eigenvalue weighted by atomic mass is 127.